The fourth-order valence-electron chi connectivity index (χ4n) is 2.15. The summed E-state index contributed by atoms with van der Waals surface area (Å²) in [4.78, 5) is 0. The number of ether oxygens (including phenoxy) is 1. The van der Waals surface area contributed by atoms with Crippen molar-refractivity contribution in [3.8, 4) is 0 Å². The van der Waals surface area contributed by atoms with Gasteiger partial charge in [0.15, 0.2) is 0 Å². The van der Waals surface area contributed by atoms with Crippen molar-refractivity contribution < 1.29 is 4.74 Å². The highest BCUT2D eigenvalue weighted by Gasteiger charge is 2.23. The fourth-order valence-corrected chi connectivity index (χ4v) is 2.27. The lowest BCUT2D eigenvalue weighted by atomic mass is 10.0. The van der Waals surface area contributed by atoms with Crippen molar-refractivity contribution in [1.29, 1.82) is 0 Å². The number of hydrogen-bond donors (Lipinski definition) is 2. The zero-order chi connectivity index (χ0) is 12.3. The molecular weight excluding hydrogens is 236 g/mol. The lowest BCUT2D eigenvalue weighted by molar-refractivity contribution is 0.105. The molecule has 1 aliphatic heterocycles. The summed E-state index contributed by atoms with van der Waals surface area (Å²) < 4.78 is 5.53. The van der Waals surface area contributed by atoms with E-state index < -0.39 is 0 Å². The van der Waals surface area contributed by atoms with Crippen LogP contribution in [0.2, 0.25) is 5.02 Å². The molecule has 94 valence electrons. The summed E-state index contributed by atoms with van der Waals surface area (Å²) in [5.74, 6) is 0.625. The number of nitrogen functional groups attached to an aromatic ring is 1. The third kappa shape index (κ3) is 3.35. The first-order valence-corrected chi connectivity index (χ1v) is 6.41. The van der Waals surface area contributed by atoms with Gasteiger partial charge in [-0.1, -0.05) is 17.7 Å². The molecule has 0 spiro atoms. The predicted octanol–water partition coefficient (Wildman–Crippen LogP) is 2.44. The lowest BCUT2D eigenvalue weighted by Gasteiger charge is -2.14. The first kappa shape index (κ1) is 12.7. The molecule has 1 aromatic rings. The minimum atomic E-state index is 0.373. The second-order valence-electron chi connectivity index (χ2n) is 4.61. The molecule has 0 saturated carbocycles. The molecule has 0 bridgehead atoms. The number of benzene rings is 1. The van der Waals surface area contributed by atoms with Crippen LogP contribution < -0.4 is 11.1 Å². The van der Waals surface area contributed by atoms with Crippen molar-refractivity contribution in [3.05, 3.63) is 28.8 Å². The van der Waals surface area contributed by atoms with Crippen molar-refractivity contribution in [2.24, 2.45) is 5.92 Å². The number of anilines is 1. The van der Waals surface area contributed by atoms with Gasteiger partial charge in [-0.2, -0.15) is 0 Å². The van der Waals surface area contributed by atoms with Gasteiger partial charge in [0.1, 0.15) is 0 Å². The molecule has 0 aliphatic carbocycles. The Morgan fingerprint density at radius 1 is 1.53 bits per heavy atom. The van der Waals surface area contributed by atoms with Crippen LogP contribution in [-0.2, 0) is 11.3 Å². The maximum absolute atomic E-state index is 5.88. The van der Waals surface area contributed by atoms with Gasteiger partial charge in [-0.05, 0) is 37.0 Å². The monoisotopic (exact) mass is 254 g/mol. The first-order chi connectivity index (χ1) is 8.16. The quantitative estimate of drug-likeness (QED) is 0.812. The van der Waals surface area contributed by atoms with E-state index in [2.05, 4.69) is 12.2 Å². The van der Waals surface area contributed by atoms with E-state index in [9.17, 15) is 0 Å². The molecule has 1 fully saturated rings. The van der Waals surface area contributed by atoms with Crippen molar-refractivity contribution in [2.75, 3.05) is 18.9 Å². The molecule has 1 aromatic carbocycles. The average molecular weight is 255 g/mol. The van der Waals surface area contributed by atoms with Crippen LogP contribution in [0.3, 0.4) is 0 Å². The second-order valence-corrected chi connectivity index (χ2v) is 5.02. The lowest BCUT2D eigenvalue weighted by Crippen LogP contribution is -2.26. The Labute approximate surface area is 107 Å². The van der Waals surface area contributed by atoms with Crippen LogP contribution in [0.5, 0.6) is 0 Å². The molecular formula is C13H19ClN2O. The minimum Gasteiger partial charge on any atom is -0.398 e. The van der Waals surface area contributed by atoms with E-state index in [1.54, 1.807) is 0 Å². The van der Waals surface area contributed by atoms with Crippen LogP contribution in [0.4, 0.5) is 5.69 Å². The largest absolute Gasteiger partial charge is 0.398 e. The highest BCUT2D eigenvalue weighted by molar-refractivity contribution is 6.33. The number of halogens is 1. The van der Waals surface area contributed by atoms with E-state index in [4.69, 9.17) is 22.1 Å². The van der Waals surface area contributed by atoms with Crippen LogP contribution >= 0.6 is 11.6 Å². The van der Waals surface area contributed by atoms with E-state index in [1.807, 2.05) is 18.2 Å². The number of nitrogens with two attached hydrogens (primary N) is 1. The number of nitrogens with one attached hydrogen (secondary N) is 1. The van der Waals surface area contributed by atoms with Crippen molar-refractivity contribution in [3.63, 3.8) is 0 Å². The van der Waals surface area contributed by atoms with Crippen LogP contribution in [0.15, 0.2) is 18.2 Å². The van der Waals surface area contributed by atoms with Crippen molar-refractivity contribution in [1.82, 2.24) is 5.32 Å². The van der Waals surface area contributed by atoms with Crippen LogP contribution in [0, 0.1) is 5.92 Å². The highest BCUT2D eigenvalue weighted by Crippen LogP contribution is 2.21. The van der Waals surface area contributed by atoms with E-state index in [0.717, 1.165) is 26.1 Å². The smallest absolute Gasteiger partial charge is 0.0635 e. The zero-order valence-corrected chi connectivity index (χ0v) is 10.8. The van der Waals surface area contributed by atoms with Crippen LogP contribution in [0.25, 0.3) is 0 Å². The van der Waals surface area contributed by atoms with Gasteiger partial charge in [0.2, 0.25) is 0 Å². The molecule has 0 amide bonds. The number of hydrogen-bond acceptors (Lipinski definition) is 3. The molecule has 1 aliphatic rings. The van der Waals surface area contributed by atoms with Gasteiger partial charge in [-0.3, -0.25) is 0 Å². The Kier molecular flexibility index (Phi) is 4.26. The summed E-state index contributed by atoms with van der Waals surface area (Å²) >= 11 is 5.88. The van der Waals surface area contributed by atoms with Gasteiger partial charge in [0.05, 0.1) is 16.8 Å². The Bertz CT molecular complexity index is 384. The topological polar surface area (TPSA) is 47.3 Å². The Morgan fingerprint density at radius 3 is 3.00 bits per heavy atom. The Balaban J connectivity index is 1.79. The first-order valence-electron chi connectivity index (χ1n) is 6.03. The fraction of sp³-hybridized carbons (Fsp3) is 0.538. The summed E-state index contributed by atoms with van der Waals surface area (Å²) in [5, 5.41) is 4.06. The van der Waals surface area contributed by atoms with Gasteiger partial charge < -0.3 is 15.8 Å². The standard InChI is InChI=1S/C13H19ClN2O/c1-9-11(4-5-17-9)8-16-7-10-2-3-12(14)13(15)6-10/h2-3,6,9,11,16H,4-5,7-8,15H2,1H3. The molecule has 0 radical (unpaired) electrons. The third-order valence-electron chi connectivity index (χ3n) is 3.33. The predicted molar refractivity (Wildman–Crippen MR) is 71.1 cm³/mol. The van der Waals surface area contributed by atoms with Crippen LogP contribution in [0.1, 0.15) is 18.9 Å². The second kappa shape index (κ2) is 5.71. The maximum atomic E-state index is 5.88. The van der Waals surface area contributed by atoms with E-state index in [-0.39, 0.29) is 0 Å². The molecule has 0 aromatic heterocycles. The molecule has 2 atom stereocenters. The molecule has 3 nitrogen and oxygen atoms in total. The molecule has 1 heterocycles. The normalized spacial score (nSPS) is 24.1. The molecule has 1 saturated heterocycles. The number of rotatable bonds is 4. The van der Waals surface area contributed by atoms with Crippen LogP contribution in [-0.4, -0.2) is 19.3 Å². The van der Waals surface area contributed by atoms with Gasteiger partial charge in [-0.15, -0.1) is 0 Å². The SMILES string of the molecule is CC1OCCC1CNCc1ccc(Cl)c(N)c1. The van der Waals surface area contributed by atoms with E-state index in [1.165, 1.54) is 5.56 Å². The molecule has 2 unspecified atom stereocenters. The highest BCUT2D eigenvalue weighted by atomic mass is 35.5. The summed E-state index contributed by atoms with van der Waals surface area (Å²) in [7, 11) is 0. The van der Waals surface area contributed by atoms with Gasteiger partial charge >= 0.3 is 0 Å². The van der Waals surface area contributed by atoms with Gasteiger partial charge in [-0.25, -0.2) is 0 Å². The third-order valence-corrected chi connectivity index (χ3v) is 3.67. The minimum absolute atomic E-state index is 0.373. The average Bonchev–Trinajstić information content (AvgIpc) is 2.70. The Morgan fingerprint density at radius 2 is 2.35 bits per heavy atom. The molecule has 3 N–H and O–H groups in total. The van der Waals surface area contributed by atoms with Crippen molar-refractivity contribution >= 4 is 17.3 Å². The summed E-state index contributed by atoms with van der Waals surface area (Å²) in [6.45, 7) is 4.84. The van der Waals surface area contributed by atoms with E-state index >= 15 is 0 Å². The van der Waals surface area contributed by atoms with Gasteiger partial charge in [0, 0.05) is 19.7 Å². The van der Waals surface area contributed by atoms with Crippen molar-refractivity contribution in [2.45, 2.75) is 26.0 Å². The molecule has 2 rings (SSSR count). The Hall–Kier alpha value is -0.770. The molecule has 17 heavy (non-hydrogen) atoms. The summed E-state index contributed by atoms with van der Waals surface area (Å²) in [6, 6.07) is 5.76. The molecule has 4 heteroatoms. The van der Waals surface area contributed by atoms with Gasteiger partial charge in [0.25, 0.3) is 0 Å². The summed E-state index contributed by atoms with van der Waals surface area (Å²) in [5.41, 5.74) is 7.56. The maximum Gasteiger partial charge on any atom is 0.0635 e. The zero-order valence-electron chi connectivity index (χ0n) is 10.1. The summed E-state index contributed by atoms with van der Waals surface area (Å²) in [6.07, 6.45) is 1.52. The van der Waals surface area contributed by atoms with E-state index in [0.29, 0.717) is 22.7 Å².